The number of aryl methyl sites for hydroxylation is 1. The van der Waals surface area contributed by atoms with Gasteiger partial charge in [0.15, 0.2) is 0 Å². The molecule has 0 heterocycles. The van der Waals surface area contributed by atoms with E-state index in [0.29, 0.717) is 6.61 Å². The first kappa shape index (κ1) is 12.0. The number of hydrogen-bond donors (Lipinski definition) is 2. The SMILES string of the molecule is Cc1ccc(OCCNC(C)CO)cc1. The summed E-state index contributed by atoms with van der Waals surface area (Å²) in [6, 6.07) is 8.11. The standard InChI is InChI=1S/C12H19NO2/c1-10-3-5-12(6-4-10)15-8-7-13-11(2)9-14/h3-6,11,13-14H,7-9H2,1-2H3. The normalized spacial score (nSPS) is 12.5. The third-order valence-electron chi connectivity index (χ3n) is 2.16. The molecule has 15 heavy (non-hydrogen) atoms. The highest BCUT2D eigenvalue weighted by molar-refractivity contribution is 5.26. The minimum absolute atomic E-state index is 0.131. The second-order valence-electron chi connectivity index (χ2n) is 3.70. The first-order chi connectivity index (χ1) is 7.22. The van der Waals surface area contributed by atoms with E-state index in [2.05, 4.69) is 5.32 Å². The summed E-state index contributed by atoms with van der Waals surface area (Å²) in [6.07, 6.45) is 0. The zero-order chi connectivity index (χ0) is 11.1. The van der Waals surface area contributed by atoms with Gasteiger partial charge in [0.1, 0.15) is 12.4 Å². The minimum Gasteiger partial charge on any atom is -0.492 e. The average molecular weight is 209 g/mol. The molecule has 1 rings (SSSR count). The van der Waals surface area contributed by atoms with Gasteiger partial charge in [-0.2, -0.15) is 0 Å². The van der Waals surface area contributed by atoms with E-state index in [9.17, 15) is 0 Å². The van der Waals surface area contributed by atoms with Crippen molar-refractivity contribution < 1.29 is 9.84 Å². The van der Waals surface area contributed by atoms with Crippen molar-refractivity contribution in [1.29, 1.82) is 0 Å². The van der Waals surface area contributed by atoms with Gasteiger partial charge in [-0.3, -0.25) is 0 Å². The zero-order valence-corrected chi connectivity index (χ0v) is 9.36. The van der Waals surface area contributed by atoms with E-state index in [1.807, 2.05) is 38.1 Å². The summed E-state index contributed by atoms with van der Waals surface area (Å²) in [6.45, 7) is 5.51. The van der Waals surface area contributed by atoms with Crippen LogP contribution in [0.2, 0.25) is 0 Å². The molecular weight excluding hydrogens is 190 g/mol. The molecular formula is C12H19NO2. The van der Waals surface area contributed by atoms with Gasteiger partial charge in [0, 0.05) is 12.6 Å². The van der Waals surface area contributed by atoms with E-state index in [0.717, 1.165) is 12.3 Å². The zero-order valence-electron chi connectivity index (χ0n) is 9.36. The van der Waals surface area contributed by atoms with Crippen LogP contribution in [0.1, 0.15) is 12.5 Å². The topological polar surface area (TPSA) is 41.5 Å². The van der Waals surface area contributed by atoms with Gasteiger partial charge in [0.05, 0.1) is 6.61 Å². The average Bonchev–Trinajstić information content (AvgIpc) is 2.26. The molecule has 84 valence electrons. The van der Waals surface area contributed by atoms with Crippen molar-refractivity contribution in [1.82, 2.24) is 5.32 Å². The lowest BCUT2D eigenvalue weighted by atomic mass is 10.2. The Morgan fingerprint density at radius 1 is 1.33 bits per heavy atom. The molecule has 1 aromatic rings. The Morgan fingerprint density at radius 3 is 2.60 bits per heavy atom. The minimum atomic E-state index is 0.131. The van der Waals surface area contributed by atoms with Crippen LogP contribution in [0.3, 0.4) is 0 Å². The maximum absolute atomic E-state index is 8.78. The Bertz CT molecular complexity index is 271. The van der Waals surface area contributed by atoms with E-state index >= 15 is 0 Å². The van der Waals surface area contributed by atoms with Crippen LogP contribution in [0.15, 0.2) is 24.3 Å². The summed E-state index contributed by atoms with van der Waals surface area (Å²) < 4.78 is 5.51. The van der Waals surface area contributed by atoms with Gasteiger partial charge in [-0.1, -0.05) is 17.7 Å². The van der Waals surface area contributed by atoms with Crippen molar-refractivity contribution in [3.05, 3.63) is 29.8 Å². The molecule has 1 atom stereocenters. The van der Waals surface area contributed by atoms with Crippen LogP contribution < -0.4 is 10.1 Å². The number of aliphatic hydroxyl groups excluding tert-OH is 1. The van der Waals surface area contributed by atoms with Crippen molar-refractivity contribution in [2.24, 2.45) is 0 Å². The van der Waals surface area contributed by atoms with Crippen LogP contribution in [0.25, 0.3) is 0 Å². The Balaban J connectivity index is 2.17. The molecule has 1 aromatic carbocycles. The van der Waals surface area contributed by atoms with Crippen molar-refractivity contribution in [3.63, 3.8) is 0 Å². The number of hydrogen-bond acceptors (Lipinski definition) is 3. The molecule has 0 aliphatic carbocycles. The van der Waals surface area contributed by atoms with Crippen molar-refractivity contribution in [2.45, 2.75) is 19.9 Å². The van der Waals surface area contributed by atoms with Crippen LogP contribution in [-0.2, 0) is 0 Å². The quantitative estimate of drug-likeness (QED) is 0.695. The van der Waals surface area contributed by atoms with Crippen molar-refractivity contribution in [2.75, 3.05) is 19.8 Å². The number of aliphatic hydroxyl groups is 1. The van der Waals surface area contributed by atoms with Crippen LogP contribution in [0.4, 0.5) is 0 Å². The molecule has 0 bridgehead atoms. The molecule has 0 aromatic heterocycles. The highest BCUT2D eigenvalue weighted by atomic mass is 16.5. The Morgan fingerprint density at radius 2 is 2.00 bits per heavy atom. The smallest absolute Gasteiger partial charge is 0.119 e. The van der Waals surface area contributed by atoms with Gasteiger partial charge in [0.2, 0.25) is 0 Å². The molecule has 3 nitrogen and oxygen atoms in total. The summed E-state index contributed by atoms with van der Waals surface area (Å²) in [7, 11) is 0. The summed E-state index contributed by atoms with van der Waals surface area (Å²) in [5.74, 6) is 0.888. The van der Waals surface area contributed by atoms with E-state index in [1.165, 1.54) is 5.56 Å². The van der Waals surface area contributed by atoms with Crippen LogP contribution in [0.5, 0.6) is 5.75 Å². The lowest BCUT2D eigenvalue weighted by molar-refractivity contribution is 0.239. The molecule has 0 spiro atoms. The lowest BCUT2D eigenvalue weighted by Crippen LogP contribution is -2.32. The van der Waals surface area contributed by atoms with Gasteiger partial charge in [0.25, 0.3) is 0 Å². The first-order valence-corrected chi connectivity index (χ1v) is 5.26. The fourth-order valence-corrected chi connectivity index (χ4v) is 1.17. The van der Waals surface area contributed by atoms with Crippen LogP contribution in [-0.4, -0.2) is 30.9 Å². The molecule has 1 unspecified atom stereocenters. The summed E-state index contributed by atoms with van der Waals surface area (Å²) in [5.41, 5.74) is 1.23. The third kappa shape index (κ3) is 4.81. The molecule has 3 heteroatoms. The number of rotatable bonds is 6. The van der Waals surface area contributed by atoms with Crippen LogP contribution in [0, 0.1) is 6.92 Å². The number of benzene rings is 1. The summed E-state index contributed by atoms with van der Waals surface area (Å²) in [5, 5.41) is 11.9. The van der Waals surface area contributed by atoms with Gasteiger partial charge in [-0.05, 0) is 26.0 Å². The fraction of sp³-hybridized carbons (Fsp3) is 0.500. The predicted octanol–water partition coefficient (Wildman–Crippen LogP) is 1.34. The van der Waals surface area contributed by atoms with Crippen LogP contribution >= 0.6 is 0 Å². The third-order valence-corrected chi connectivity index (χ3v) is 2.16. The highest BCUT2D eigenvalue weighted by Gasteiger charge is 1.97. The largest absolute Gasteiger partial charge is 0.492 e. The van der Waals surface area contributed by atoms with E-state index in [1.54, 1.807) is 0 Å². The molecule has 0 saturated heterocycles. The number of nitrogens with one attached hydrogen (secondary N) is 1. The van der Waals surface area contributed by atoms with E-state index in [4.69, 9.17) is 9.84 Å². The van der Waals surface area contributed by atoms with Gasteiger partial charge in [-0.15, -0.1) is 0 Å². The molecule has 0 aliphatic heterocycles. The molecule has 0 aliphatic rings. The second kappa shape index (κ2) is 6.43. The summed E-state index contributed by atoms with van der Waals surface area (Å²) >= 11 is 0. The van der Waals surface area contributed by atoms with Gasteiger partial charge in [-0.25, -0.2) is 0 Å². The van der Waals surface area contributed by atoms with Crippen molar-refractivity contribution in [3.8, 4) is 5.75 Å². The lowest BCUT2D eigenvalue weighted by Gasteiger charge is -2.11. The summed E-state index contributed by atoms with van der Waals surface area (Å²) in [4.78, 5) is 0. The maximum Gasteiger partial charge on any atom is 0.119 e. The molecule has 0 amide bonds. The van der Waals surface area contributed by atoms with E-state index < -0.39 is 0 Å². The fourth-order valence-electron chi connectivity index (χ4n) is 1.17. The second-order valence-corrected chi connectivity index (χ2v) is 3.70. The molecule has 0 radical (unpaired) electrons. The number of ether oxygens (including phenoxy) is 1. The van der Waals surface area contributed by atoms with E-state index in [-0.39, 0.29) is 12.6 Å². The first-order valence-electron chi connectivity index (χ1n) is 5.26. The van der Waals surface area contributed by atoms with Gasteiger partial charge < -0.3 is 15.2 Å². The molecule has 2 N–H and O–H groups in total. The molecule has 0 saturated carbocycles. The Kier molecular flexibility index (Phi) is 5.15. The monoisotopic (exact) mass is 209 g/mol. The highest BCUT2D eigenvalue weighted by Crippen LogP contribution is 2.10. The Labute approximate surface area is 91.1 Å². The maximum atomic E-state index is 8.78. The predicted molar refractivity (Wildman–Crippen MR) is 61.2 cm³/mol. The van der Waals surface area contributed by atoms with Crippen molar-refractivity contribution >= 4 is 0 Å². The van der Waals surface area contributed by atoms with Gasteiger partial charge >= 0.3 is 0 Å². The Hall–Kier alpha value is -1.06. The molecule has 0 fully saturated rings.